The van der Waals surface area contributed by atoms with E-state index in [9.17, 15) is 9.90 Å². The third-order valence-electron chi connectivity index (χ3n) is 3.42. The van der Waals surface area contributed by atoms with E-state index in [0.29, 0.717) is 17.3 Å². The van der Waals surface area contributed by atoms with Crippen LogP contribution in [0.1, 0.15) is 11.5 Å². The normalized spacial score (nSPS) is 24.2. The van der Waals surface area contributed by atoms with Crippen molar-refractivity contribution in [3.8, 4) is 5.75 Å². The quantitative estimate of drug-likeness (QED) is 0.913. The molecule has 1 aromatic rings. The molecule has 4 nitrogen and oxygen atoms in total. The number of aliphatic carboxylic acids is 1. The first-order chi connectivity index (χ1) is 8.52. The van der Waals surface area contributed by atoms with Gasteiger partial charge in [0.05, 0.1) is 18.1 Å². The topological polar surface area (TPSA) is 49.8 Å². The smallest absolute Gasteiger partial charge is 0.308 e. The molecule has 1 fully saturated rings. The van der Waals surface area contributed by atoms with Gasteiger partial charge in [0.2, 0.25) is 0 Å². The van der Waals surface area contributed by atoms with Crippen LogP contribution in [0.3, 0.4) is 0 Å². The molecule has 1 heterocycles. The number of likely N-dealkylation sites (tertiary alicyclic amines) is 1. The standard InChI is InChI=1S/C13H16ClNO3/c1-15-6-9(10(7-15)13(16)17)8-3-4-11(14)12(5-8)18-2/h3-5,9-10H,6-7H2,1-2H3,(H,16,17). The van der Waals surface area contributed by atoms with Crippen LogP contribution in [0.2, 0.25) is 5.02 Å². The summed E-state index contributed by atoms with van der Waals surface area (Å²) in [4.78, 5) is 13.3. The zero-order valence-electron chi connectivity index (χ0n) is 10.4. The molecule has 1 aliphatic heterocycles. The minimum atomic E-state index is -0.752. The maximum atomic E-state index is 11.3. The van der Waals surface area contributed by atoms with Crippen molar-refractivity contribution in [2.75, 3.05) is 27.2 Å². The van der Waals surface area contributed by atoms with Crippen molar-refractivity contribution < 1.29 is 14.6 Å². The summed E-state index contributed by atoms with van der Waals surface area (Å²) in [7, 11) is 3.49. The summed E-state index contributed by atoms with van der Waals surface area (Å²) < 4.78 is 5.17. The van der Waals surface area contributed by atoms with Crippen LogP contribution in [0.15, 0.2) is 18.2 Å². The second kappa shape index (κ2) is 5.16. The van der Waals surface area contributed by atoms with Crippen molar-refractivity contribution in [3.63, 3.8) is 0 Å². The third-order valence-corrected chi connectivity index (χ3v) is 3.74. The lowest BCUT2D eigenvalue weighted by Crippen LogP contribution is -2.21. The van der Waals surface area contributed by atoms with E-state index in [2.05, 4.69) is 0 Å². The number of rotatable bonds is 3. The summed E-state index contributed by atoms with van der Waals surface area (Å²) in [5.74, 6) is -0.550. The van der Waals surface area contributed by atoms with E-state index >= 15 is 0 Å². The Balaban J connectivity index is 2.32. The van der Waals surface area contributed by atoms with E-state index in [4.69, 9.17) is 16.3 Å². The predicted octanol–water partition coefficient (Wildman–Crippen LogP) is 2.08. The summed E-state index contributed by atoms with van der Waals surface area (Å²) in [6, 6.07) is 5.47. The molecular formula is C13H16ClNO3. The fourth-order valence-electron chi connectivity index (χ4n) is 2.50. The molecule has 0 bridgehead atoms. The number of hydrogen-bond acceptors (Lipinski definition) is 3. The highest BCUT2D eigenvalue weighted by Gasteiger charge is 2.37. The molecule has 0 radical (unpaired) electrons. The Morgan fingerprint density at radius 3 is 2.83 bits per heavy atom. The van der Waals surface area contributed by atoms with Crippen molar-refractivity contribution in [1.29, 1.82) is 0 Å². The van der Waals surface area contributed by atoms with E-state index in [1.807, 2.05) is 24.1 Å². The number of benzene rings is 1. The molecule has 2 rings (SSSR count). The van der Waals surface area contributed by atoms with Gasteiger partial charge in [-0.3, -0.25) is 4.79 Å². The number of methoxy groups -OCH3 is 1. The number of carbonyl (C=O) groups is 1. The van der Waals surface area contributed by atoms with E-state index in [0.717, 1.165) is 12.1 Å². The maximum absolute atomic E-state index is 11.3. The largest absolute Gasteiger partial charge is 0.495 e. The van der Waals surface area contributed by atoms with Crippen molar-refractivity contribution in [1.82, 2.24) is 4.90 Å². The molecule has 0 aromatic heterocycles. The van der Waals surface area contributed by atoms with E-state index in [1.165, 1.54) is 0 Å². The molecule has 1 aliphatic rings. The molecule has 2 unspecified atom stereocenters. The molecule has 0 aliphatic carbocycles. The van der Waals surface area contributed by atoms with Gasteiger partial charge >= 0.3 is 5.97 Å². The zero-order valence-corrected chi connectivity index (χ0v) is 11.1. The number of likely N-dealkylation sites (N-methyl/N-ethyl adjacent to an activating group) is 1. The number of ether oxygens (including phenoxy) is 1. The van der Waals surface area contributed by atoms with E-state index in [1.54, 1.807) is 13.2 Å². The van der Waals surface area contributed by atoms with Gasteiger partial charge in [0, 0.05) is 19.0 Å². The van der Waals surface area contributed by atoms with Gasteiger partial charge in [-0.1, -0.05) is 17.7 Å². The highest BCUT2D eigenvalue weighted by Crippen LogP contribution is 2.35. The van der Waals surface area contributed by atoms with Gasteiger partial charge in [-0.15, -0.1) is 0 Å². The monoisotopic (exact) mass is 269 g/mol. The van der Waals surface area contributed by atoms with Crippen LogP contribution in [0.25, 0.3) is 0 Å². The van der Waals surface area contributed by atoms with E-state index in [-0.39, 0.29) is 11.8 Å². The Kier molecular flexibility index (Phi) is 3.78. The molecule has 0 spiro atoms. The predicted molar refractivity (Wildman–Crippen MR) is 69.4 cm³/mol. The first kappa shape index (κ1) is 13.2. The molecular weight excluding hydrogens is 254 g/mol. The molecule has 0 amide bonds. The second-order valence-electron chi connectivity index (χ2n) is 4.67. The summed E-state index contributed by atoms with van der Waals surface area (Å²) in [6.45, 7) is 1.31. The first-order valence-electron chi connectivity index (χ1n) is 5.77. The van der Waals surface area contributed by atoms with Crippen molar-refractivity contribution in [2.45, 2.75) is 5.92 Å². The third kappa shape index (κ3) is 2.44. The summed E-state index contributed by atoms with van der Waals surface area (Å²) in [6.07, 6.45) is 0. The van der Waals surface area contributed by atoms with Gasteiger partial charge in [-0.2, -0.15) is 0 Å². The number of hydrogen-bond donors (Lipinski definition) is 1. The van der Waals surface area contributed by atoms with Gasteiger partial charge in [0.1, 0.15) is 5.75 Å². The lowest BCUT2D eigenvalue weighted by Gasteiger charge is -2.16. The fraction of sp³-hybridized carbons (Fsp3) is 0.462. The minimum absolute atomic E-state index is 0.0151. The SMILES string of the molecule is COc1cc(C2CN(C)CC2C(=O)O)ccc1Cl. The minimum Gasteiger partial charge on any atom is -0.495 e. The molecule has 5 heteroatoms. The van der Waals surface area contributed by atoms with Crippen molar-refractivity contribution in [3.05, 3.63) is 28.8 Å². The van der Waals surface area contributed by atoms with E-state index < -0.39 is 5.97 Å². The van der Waals surface area contributed by atoms with Crippen molar-refractivity contribution >= 4 is 17.6 Å². The van der Waals surface area contributed by atoms with Gasteiger partial charge < -0.3 is 14.7 Å². The molecule has 1 aromatic carbocycles. The van der Waals surface area contributed by atoms with Gasteiger partial charge in [-0.25, -0.2) is 0 Å². The van der Waals surface area contributed by atoms with Crippen LogP contribution >= 0.6 is 11.6 Å². The van der Waals surface area contributed by atoms with Crippen LogP contribution in [0.5, 0.6) is 5.75 Å². The fourth-order valence-corrected chi connectivity index (χ4v) is 2.69. The van der Waals surface area contributed by atoms with Gasteiger partial charge in [0.15, 0.2) is 0 Å². The highest BCUT2D eigenvalue weighted by atomic mass is 35.5. The number of nitrogens with zero attached hydrogens (tertiary/aromatic N) is 1. The van der Waals surface area contributed by atoms with Crippen LogP contribution in [0.4, 0.5) is 0 Å². The molecule has 1 saturated heterocycles. The Hall–Kier alpha value is -1.26. The lowest BCUT2D eigenvalue weighted by molar-refractivity contribution is -0.141. The van der Waals surface area contributed by atoms with Crippen LogP contribution < -0.4 is 4.74 Å². The molecule has 0 saturated carbocycles. The summed E-state index contributed by atoms with van der Waals surface area (Å²) in [5.41, 5.74) is 0.966. The Bertz CT molecular complexity index is 464. The average Bonchev–Trinajstić information content (AvgIpc) is 2.72. The molecule has 98 valence electrons. The number of carboxylic acid groups (broad SMARTS) is 1. The maximum Gasteiger partial charge on any atom is 0.308 e. The summed E-state index contributed by atoms with van der Waals surface area (Å²) in [5, 5.41) is 9.80. The molecule has 18 heavy (non-hydrogen) atoms. The molecule has 1 N–H and O–H groups in total. The van der Waals surface area contributed by atoms with Gasteiger partial charge in [-0.05, 0) is 24.7 Å². The second-order valence-corrected chi connectivity index (χ2v) is 5.07. The zero-order chi connectivity index (χ0) is 13.3. The molecule has 2 atom stereocenters. The van der Waals surface area contributed by atoms with Crippen molar-refractivity contribution in [2.24, 2.45) is 5.92 Å². The van der Waals surface area contributed by atoms with Crippen LogP contribution in [-0.4, -0.2) is 43.2 Å². The Labute approximate surface area is 111 Å². The van der Waals surface area contributed by atoms with Gasteiger partial charge in [0.25, 0.3) is 0 Å². The number of halogens is 1. The van der Waals surface area contributed by atoms with Crippen LogP contribution in [0, 0.1) is 5.92 Å². The Morgan fingerprint density at radius 1 is 1.50 bits per heavy atom. The first-order valence-corrected chi connectivity index (χ1v) is 6.15. The number of carboxylic acids is 1. The lowest BCUT2D eigenvalue weighted by atomic mass is 9.89. The highest BCUT2D eigenvalue weighted by molar-refractivity contribution is 6.32. The summed E-state index contributed by atoms with van der Waals surface area (Å²) >= 11 is 5.98. The average molecular weight is 270 g/mol. The van der Waals surface area contributed by atoms with Crippen LogP contribution in [-0.2, 0) is 4.79 Å². The Morgan fingerprint density at radius 2 is 2.22 bits per heavy atom.